The van der Waals surface area contributed by atoms with Crippen molar-refractivity contribution < 1.29 is 9.53 Å². The first-order valence-electron chi connectivity index (χ1n) is 8.64. The van der Waals surface area contributed by atoms with Gasteiger partial charge in [0, 0.05) is 18.0 Å². The topological polar surface area (TPSA) is 29.5 Å². The highest BCUT2D eigenvalue weighted by Gasteiger charge is 2.24. The van der Waals surface area contributed by atoms with E-state index in [0.717, 1.165) is 48.9 Å². The molecule has 0 N–H and O–H groups in total. The third kappa shape index (κ3) is 4.18. The predicted octanol–water partition coefficient (Wildman–Crippen LogP) is 4.55. The van der Waals surface area contributed by atoms with Gasteiger partial charge in [0.05, 0.1) is 12.0 Å². The van der Waals surface area contributed by atoms with Gasteiger partial charge >= 0.3 is 0 Å². The first-order valence-corrected chi connectivity index (χ1v) is 9.46. The molecule has 1 saturated heterocycles. The third-order valence-corrected chi connectivity index (χ3v) is 5.84. The maximum atomic E-state index is 12.5. The van der Waals surface area contributed by atoms with Gasteiger partial charge in [-0.05, 0) is 68.4 Å². The molecule has 4 heteroatoms. The van der Waals surface area contributed by atoms with E-state index in [-0.39, 0.29) is 5.91 Å². The van der Waals surface area contributed by atoms with Gasteiger partial charge in [0.25, 0.3) is 5.91 Å². The summed E-state index contributed by atoms with van der Waals surface area (Å²) >= 11 is 1.60. The van der Waals surface area contributed by atoms with Crippen molar-refractivity contribution >= 4 is 17.2 Å². The fourth-order valence-corrected chi connectivity index (χ4v) is 4.13. The van der Waals surface area contributed by atoms with Crippen LogP contribution in [0.3, 0.4) is 0 Å². The molecule has 3 rings (SSSR count). The summed E-state index contributed by atoms with van der Waals surface area (Å²) in [5.74, 6) is 1.84. The quantitative estimate of drug-likeness (QED) is 0.797. The minimum atomic E-state index is 0.210. The molecule has 0 unspecified atom stereocenters. The lowest BCUT2D eigenvalue weighted by atomic mass is 9.90. The van der Waals surface area contributed by atoms with Gasteiger partial charge in [-0.25, -0.2) is 0 Å². The average molecular weight is 343 g/mol. The van der Waals surface area contributed by atoms with Gasteiger partial charge in [-0.15, -0.1) is 11.3 Å². The van der Waals surface area contributed by atoms with Crippen LogP contribution in [0.25, 0.3) is 0 Å². The number of methoxy groups -OCH3 is 1. The summed E-state index contributed by atoms with van der Waals surface area (Å²) in [5, 5.41) is 0. The van der Waals surface area contributed by atoms with Crippen LogP contribution in [0.1, 0.15) is 39.4 Å². The summed E-state index contributed by atoms with van der Waals surface area (Å²) in [5.41, 5.74) is 1.36. The largest absolute Gasteiger partial charge is 0.497 e. The zero-order valence-electron chi connectivity index (χ0n) is 14.5. The number of likely N-dealkylation sites (tertiary alicyclic amines) is 1. The molecule has 0 atom stereocenters. The van der Waals surface area contributed by atoms with E-state index < -0.39 is 0 Å². The Balaban J connectivity index is 1.45. The van der Waals surface area contributed by atoms with Gasteiger partial charge in [0.15, 0.2) is 0 Å². The van der Waals surface area contributed by atoms with Crippen molar-refractivity contribution in [2.24, 2.45) is 5.92 Å². The second-order valence-corrected chi connectivity index (χ2v) is 7.82. The number of hydrogen-bond acceptors (Lipinski definition) is 3. The van der Waals surface area contributed by atoms with Gasteiger partial charge in [0.1, 0.15) is 5.75 Å². The Labute approximate surface area is 148 Å². The Kier molecular flexibility index (Phi) is 5.56. The number of amides is 1. The zero-order chi connectivity index (χ0) is 16.9. The van der Waals surface area contributed by atoms with Crippen LogP contribution in [0.4, 0.5) is 0 Å². The van der Waals surface area contributed by atoms with Crippen molar-refractivity contribution in [1.29, 1.82) is 0 Å². The Morgan fingerprint density at radius 3 is 2.46 bits per heavy atom. The summed E-state index contributed by atoms with van der Waals surface area (Å²) in [4.78, 5) is 16.6. The van der Waals surface area contributed by atoms with E-state index in [2.05, 4.69) is 12.1 Å². The molecule has 2 heterocycles. The summed E-state index contributed by atoms with van der Waals surface area (Å²) in [6.07, 6.45) is 4.54. The van der Waals surface area contributed by atoms with E-state index in [1.54, 1.807) is 18.4 Å². The van der Waals surface area contributed by atoms with E-state index in [0.29, 0.717) is 0 Å². The minimum Gasteiger partial charge on any atom is -0.497 e. The molecule has 3 nitrogen and oxygen atoms in total. The highest BCUT2D eigenvalue weighted by atomic mass is 32.1. The fraction of sp³-hybridized carbons (Fsp3) is 0.450. The molecule has 128 valence electrons. The van der Waals surface area contributed by atoms with Crippen LogP contribution in [-0.4, -0.2) is 31.0 Å². The lowest BCUT2D eigenvalue weighted by Crippen LogP contribution is -2.38. The molecular weight excluding hydrogens is 318 g/mol. The predicted molar refractivity (Wildman–Crippen MR) is 99.0 cm³/mol. The number of thiophene rings is 1. The zero-order valence-corrected chi connectivity index (χ0v) is 15.3. The molecule has 24 heavy (non-hydrogen) atoms. The fourth-order valence-electron chi connectivity index (χ4n) is 3.29. The van der Waals surface area contributed by atoms with Crippen molar-refractivity contribution in [2.75, 3.05) is 20.2 Å². The SMILES string of the molecule is COc1ccc(CCC2CCN(C(=O)c3ccc(C)s3)CC2)cc1. The van der Waals surface area contributed by atoms with Crippen LogP contribution in [-0.2, 0) is 6.42 Å². The number of hydrogen-bond donors (Lipinski definition) is 0. The Morgan fingerprint density at radius 2 is 1.88 bits per heavy atom. The molecule has 0 saturated carbocycles. The second kappa shape index (κ2) is 7.84. The van der Waals surface area contributed by atoms with Crippen molar-refractivity contribution in [3.05, 3.63) is 51.7 Å². The highest BCUT2D eigenvalue weighted by molar-refractivity contribution is 7.13. The van der Waals surface area contributed by atoms with E-state index in [1.807, 2.05) is 36.1 Å². The van der Waals surface area contributed by atoms with Crippen LogP contribution >= 0.6 is 11.3 Å². The molecule has 1 aliphatic rings. The smallest absolute Gasteiger partial charge is 0.263 e. The molecule has 1 aromatic heterocycles. The molecule has 0 bridgehead atoms. The number of piperidine rings is 1. The van der Waals surface area contributed by atoms with E-state index in [9.17, 15) is 4.79 Å². The number of ether oxygens (including phenoxy) is 1. The molecule has 0 spiro atoms. The molecule has 1 aliphatic heterocycles. The van der Waals surface area contributed by atoms with Crippen LogP contribution in [0.15, 0.2) is 36.4 Å². The van der Waals surface area contributed by atoms with Gasteiger partial charge in [-0.1, -0.05) is 12.1 Å². The number of nitrogens with zero attached hydrogens (tertiary/aromatic N) is 1. The molecule has 1 fully saturated rings. The molecular formula is C20H25NO2S. The van der Waals surface area contributed by atoms with Gasteiger partial charge in [-0.2, -0.15) is 0 Å². The normalized spacial score (nSPS) is 15.5. The van der Waals surface area contributed by atoms with Crippen molar-refractivity contribution in [3.63, 3.8) is 0 Å². The van der Waals surface area contributed by atoms with Crippen molar-refractivity contribution in [2.45, 2.75) is 32.6 Å². The van der Waals surface area contributed by atoms with Crippen LogP contribution < -0.4 is 4.74 Å². The summed E-state index contributed by atoms with van der Waals surface area (Å²) in [7, 11) is 1.70. The van der Waals surface area contributed by atoms with Crippen molar-refractivity contribution in [3.8, 4) is 5.75 Å². The van der Waals surface area contributed by atoms with Crippen LogP contribution in [0, 0.1) is 12.8 Å². The molecule has 2 aromatic rings. The summed E-state index contributed by atoms with van der Waals surface area (Å²) in [6, 6.07) is 12.3. The van der Waals surface area contributed by atoms with E-state index in [1.165, 1.54) is 16.9 Å². The molecule has 0 aliphatic carbocycles. The number of aryl methyl sites for hydroxylation is 2. The summed E-state index contributed by atoms with van der Waals surface area (Å²) < 4.78 is 5.20. The monoisotopic (exact) mass is 343 g/mol. The highest BCUT2D eigenvalue weighted by Crippen LogP contribution is 2.25. The lowest BCUT2D eigenvalue weighted by molar-refractivity contribution is 0.0692. The van der Waals surface area contributed by atoms with E-state index >= 15 is 0 Å². The van der Waals surface area contributed by atoms with Crippen molar-refractivity contribution in [1.82, 2.24) is 4.90 Å². The summed E-state index contributed by atoms with van der Waals surface area (Å²) in [6.45, 7) is 3.83. The van der Waals surface area contributed by atoms with Gasteiger partial charge < -0.3 is 9.64 Å². The number of carbonyl (C=O) groups is 1. The molecule has 1 amide bonds. The number of benzene rings is 1. The second-order valence-electron chi connectivity index (χ2n) is 6.53. The third-order valence-electron chi connectivity index (χ3n) is 4.85. The maximum Gasteiger partial charge on any atom is 0.263 e. The average Bonchev–Trinajstić information content (AvgIpc) is 3.06. The van der Waals surface area contributed by atoms with E-state index in [4.69, 9.17) is 4.74 Å². The number of carbonyl (C=O) groups excluding carboxylic acids is 1. The number of rotatable bonds is 5. The van der Waals surface area contributed by atoms with Gasteiger partial charge in [-0.3, -0.25) is 4.79 Å². The maximum absolute atomic E-state index is 12.5. The Morgan fingerprint density at radius 1 is 1.17 bits per heavy atom. The first-order chi connectivity index (χ1) is 11.7. The Hall–Kier alpha value is -1.81. The Bertz CT molecular complexity index is 669. The lowest BCUT2D eigenvalue weighted by Gasteiger charge is -2.31. The standard InChI is InChI=1S/C20H25NO2S/c1-15-3-10-19(24-15)20(22)21-13-11-17(12-14-21)5-4-16-6-8-18(23-2)9-7-16/h3,6-10,17H,4-5,11-14H2,1-2H3. The van der Waals surface area contributed by atoms with Crippen LogP contribution in [0.2, 0.25) is 0 Å². The first kappa shape index (κ1) is 17.0. The molecule has 0 radical (unpaired) electrons. The van der Waals surface area contributed by atoms with Gasteiger partial charge in [0.2, 0.25) is 0 Å². The molecule has 1 aromatic carbocycles. The van der Waals surface area contributed by atoms with Crippen LogP contribution in [0.5, 0.6) is 5.75 Å². The minimum absolute atomic E-state index is 0.210.